The predicted molar refractivity (Wildman–Crippen MR) is 218 cm³/mol. The molecule has 0 amide bonds. The Kier molecular flexibility index (Phi) is 6.48. The first-order valence-electron chi connectivity index (χ1n) is 17.9. The lowest BCUT2D eigenvalue weighted by Crippen LogP contribution is -2.04. The topological polar surface area (TPSA) is 40.6 Å². The molecular formula is C48H31N5. The lowest BCUT2D eigenvalue weighted by molar-refractivity contribution is 0.998. The number of rotatable bonds is 5. The van der Waals surface area contributed by atoms with Crippen LogP contribution in [0.1, 0.15) is 0 Å². The summed E-state index contributed by atoms with van der Waals surface area (Å²) in [7, 11) is 0. The third-order valence-electron chi connectivity index (χ3n) is 10.5. The maximum absolute atomic E-state index is 5.41. The number of hydrogen-bond donors (Lipinski definition) is 0. The SMILES string of the molecule is c1ccc(-c2cc(-c3ccccc3)nc(-n3c4cc5c(ccn5-c5ccccc5)cc4c4ccc5c(c6ccccc6n5-c5ccccc5)c43)n2)cc1. The molecule has 0 spiro atoms. The number of aromatic nitrogens is 5. The van der Waals surface area contributed by atoms with Gasteiger partial charge in [0, 0.05) is 55.6 Å². The Balaban J connectivity index is 1.33. The second kappa shape index (κ2) is 11.7. The van der Waals surface area contributed by atoms with Crippen molar-refractivity contribution < 1.29 is 0 Å². The number of hydrogen-bond acceptors (Lipinski definition) is 2. The Morgan fingerprint density at radius 2 is 0.981 bits per heavy atom. The van der Waals surface area contributed by atoms with Gasteiger partial charge in [0.15, 0.2) is 0 Å². The summed E-state index contributed by atoms with van der Waals surface area (Å²) in [4.78, 5) is 10.8. The van der Waals surface area contributed by atoms with Crippen molar-refractivity contribution in [1.29, 1.82) is 0 Å². The number of para-hydroxylation sites is 3. The number of nitrogens with zero attached hydrogens (tertiary/aromatic N) is 5. The van der Waals surface area contributed by atoms with Crippen LogP contribution in [-0.2, 0) is 0 Å². The predicted octanol–water partition coefficient (Wildman–Crippen LogP) is 11.9. The van der Waals surface area contributed by atoms with Crippen LogP contribution in [-0.4, -0.2) is 23.7 Å². The molecule has 248 valence electrons. The highest BCUT2D eigenvalue weighted by molar-refractivity contribution is 6.27. The maximum Gasteiger partial charge on any atom is 0.235 e. The standard InChI is InChI=1S/C48H31N5/c1-5-15-32(16-6-1)40-30-41(33-17-7-2-8-18-33)50-48(49-40)53-45-31-44-34(27-28-51(44)35-19-9-3-10-20-35)29-39(45)37-25-26-43-46(47(37)53)38-23-13-14-24-42(38)52(43)36-21-11-4-12-22-36/h1-31H. The van der Waals surface area contributed by atoms with E-state index in [1.54, 1.807) is 0 Å². The van der Waals surface area contributed by atoms with Gasteiger partial charge in [-0.15, -0.1) is 0 Å². The second-order valence-electron chi connectivity index (χ2n) is 13.5. The number of benzene rings is 7. The minimum absolute atomic E-state index is 0.631. The fourth-order valence-corrected chi connectivity index (χ4v) is 8.11. The van der Waals surface area contributed by atoms with E-state index in [2.05, 4.69) is 190 Å². The molecule has 5 heteroatoms. The molecule has 11 aromatic rings. The Labute approximate surface area is 305 Å². The van der Waals surface area contributed by atoms with Crippen LogP contribution >= 0.6 is 0 Å². The molecule has 0 saturated heterocycles. The van der Waals surface area contributed by atoms with E-state index >= 15 is 0 Å². The molecule has 4 heterocycles. The monoisotopic (exact) mass is 677 g/mol. The molecular weight excluding hydrogens is 647 g/mol. The van der Waals surface area contributed by atoms with E-state index in [1.165, 1.54) is 16.2 Å². The van der Waals surface area contributed by atoms with Crippen LogP contribution in [0.4, 0.5) is 0 Å². The van der Waals surface area contributed by atoms with Gasteiger partial charge in [0.1, 0.15) is 0 Å². The summed E-state index contributed by atoms with van der Waals surface area (Å²) in [5.74, 6) is 0.631. The van der Waals surface area contributed by atoms with Crippen LogP contribution in [0.5, 0.6) is 0 Å². The molecule has 11 rings (SSSR count). The summed E-state index contributed by atoms with van der Waals surface area (Å²) < 4.78 is 6.96. The van der Waals surface area contributed by atoms with Crippen LogP contribution in [0.3, 0.4) is 0 Å². The molecule has 5 nitrogen and oxygen atoms in total. The zero-order chi connectivity index (χ0) is 34.9. The van der Waals surface area contributed by atoms with Crippen LogP contribution < -0.4 is 0 Å². The molecule has 4 aromatic heterocycles. The van der Waals surface area contributed by atoms with Crippen LogP contribution in [0, 0.1) is 0 Å². The first-order chi connectivity index (χ1) is 26.3. The molecule has 0 aliphatic rings. The molecule has 0 radical (unpaired) electrons. The summed E-state index contributed by atoms with van der Waals surface area (Å²) in [6, 6.07) is 64.3. The first-order valence-corrected chi connectivity index (χ1v) is 17.9. The maximum atomic E-state index is 5.41. The van der Waals surface area contributed by atoms with Crippen molar-refractivity contribution in [3.63, 3.8) is 0 Å². The lowest BCUT2D eigenvalue weighted by Gasteiger charge is -2.13. The van der Waals surface area contributed by atoms with Crippen LogP contribution in [0.2, 0.25) is 0 Å². The van der Waals surface area contributed by atoms with Gasteiger partial charge in [0.2, 0.25) is 5.95 Å². The molecule has 0 aliphatic heterocycles. The second-order valence-corrected chi connectivity index (χ2v) is 13.5. The van der Waals surface area contributed by atoms with E-state index in [4.69, 9.17) is 9.97 Å². The third-order valence-corrected chi connectivity index (χ3v) is 10.5. The molecule has 0 aliphatic carbocycles. The van der Waals surface area contributed by atoms with Crippen molar-refractivity contribution in [3.8, 4) is 39.8 Å². The van der Waals surface area contributed by atoms with Gasteiger partial charge in [-0.1, -0.05) is 121 Å². The highest BCUT2D eigenvalue weighted by Gasteiger charge is 2.23. The zero-order valence-corrected chi connectivity index (χ0v) is 28.6. The lowest BCUT2D eigenvalue weighted by atomic mass is 10.1. The van der Waals surface area contributed by atoms with Gasteiger partial charge in [-0.2, -0.15) is 0 Å². The van der Waals surface area contributed by atoms with Crippen molar-refractivity contribution >= 4 is 54.5 Å². The quantitative estimate of drug-likeness (QED) is 0.182. The molecule has 0 saturated carbocycles. The summed E-state index contributed by atoms with van der Waals surface area (Å²) >= 11 is 0. The zero-order valence-electron chi connectivity index (χ0n) is 28.6. The Bertz CT molecular complexity index is 3080. The molecule has 0 unspecified atom stereocenters. The van der Waals surface area contributed by atoms with Crippen molar-refractivity contribution in [3.05, 3.63) is 188 Å². The molecule has 0 N–H and O–H groups in total. The highest BCUT2D eigenvalue weighted by atomic mass is 15.2. The molecule has 53 heavy (non-hydrogen) atoms. The van der Waals surface area contributed by atoms with E-state index in [9.17, 15) is 0 Å². The van der Waals surface area contributed by atoms with E-state index in [1.807, 2.05) is 12.1 Å². The van der Waals surface area contributed by atoms with Crippen molar-refractivity contribution in [2.45, 2.75) is 0 Å². The fourth-order valence-electron chi connectivity index (χ4n) is 8.11. The minimum atomic E-state index is 0.631. The van der Waals surface area contributed by atoms with Gasteiger partial charge in [-0.3, -0.25) is 4.57 Å². The summed E-state index contributed by atoms with van der Waals surface area (Å²) in [6.45, 7) is 0. The minimum Gasteiger partial charge on any atom is -0.316 e. The number of fused-ring (bicyclic) bond motifs is 8. The fraction of sp³-hybridized carbons (Fsp3) is 0. The van der Waals surface area contributed by atoms with Gasteiger partial charge < -0.3 is 9.13 Å². The van der Waals surface area contributed by atoms with E-state index < -0.39 is 0 Å². The van der Waals surface area contributed by atoms with Crippen LogP contribution in [0.15, 0.2) is 188 Å². The average Bonchev–Trinajstić information content (AvgIpc) is 3.91. The Hall–Kier alpha value is -7.24. The summed E-state index contributed by atoms with van der Waals surface area (Å²) in [5.41, 5.74) is 11.6. The van der Waals surface area contributed by atoms with Crippen LogP contribution in [0.25, 0.3) is 94.4 Å². The molecule has 7 aromatic carbocycles. The normalized spacial score (nSPS) is 11.8. The van der Waals surface area contributed by atoms with Crippen molar-refractivity contribution in [2.24, 2.45) is 0 Å². The van der Waals surface area contributed by atoms with Gasteiger partial charge in [-0.05, 0) is 60.7 Å². The summed E-state index contributed by atoms with van der Waals surface area (Å²) in [6.07, 6.45) is 2.16. The highest BCUT2D eigenvalue weighted by Crippen LogP contribution is 2.43. The molecule has 0 bridgehead atoms. The van der Waals surface area contributed by atoms with E-state index in [0.717, 1.165) is 72.2 Å². The van der Waals surface area contributed by atoms with Gasteiger partial charge in [0.05, 0.1) is 39.0 Å². The average molecular weight is 678 g/mol. The molecule has 0 fully saturated rings. The Morgan fingerprint density at radius 1 is 0.377 bits per heavy atom. The van der Waals surface area contributed by atoms with Gasteiger partial charge in [0.25, 0.3) is 0 Å². The van der Waals surface area contributed by atoms with E-state index in [-0.39, 0.29) is 0 Å². The first kappa shape index (κ1) is 29.5. The van der Waals surface area contributed by atoms with Gasteiger partial charge >= 0.3 is 0 Å². The summed E-state index contributed by atoms with van der Waals surface area (Å²) in [5, 5.41) is 5.85. The van der Waals surface area contributed by atoms with E-state index in [0.29, 0.717) is 5.95 Å². The smallest absolute Gasteiger partial charge is 0.235 e. The largest absolute Gasteiger partial charge is 0.316 e. The Morgan fingerprint density at radius 3 is 1.66 bits per heavy atom. The van der Waals surface area contributed by atoms with Gasteiger partial charge in [-0.25, -0.2) is 9.97 Å². The third kappa shape index (κ3) is 4.57. The van der Waals surface area contributed by atoms with Crippen molar-refractivity contribution in [1.82, 2.24) is 23.7 Å². The van der Waals surface area contributed by atoms with Crippen molar-refractivity contribution in [2.75, 3.05) is 0 Å². The molecule has 0 atom stereocenters.